The van der Waals surface area contributed by atoms with Gasteiger partial charge in [-0.05, 0) is 43.9 Å². The van der Waals surface area contributed by atoms with E-state index in [1.165, 1.54) is 31.2 Å². The molecule has 1 atom stereocenters. The van der Waals surface area contributed by atoms with Crippen LogP contribution in [-0.4, -0.2) is 23.2 Å². The lowest BCUT2D eigenvalue weighted by Gasteiger charge is -2.38. The maximum Gasteiger partial charge on any atom is 0.0835 e. The zero-order valence-electron chi connectivity index (χ0n) is 12.0. The van der Waals surface area contributed by atoms with Crippen molar-refractivity contribution in [2.45, 2.75) is 63.5 Å². The van der Waals surface area contributed by atoms with E-state index in [1.54, 1.807) is 0 Å². The summed E-state index contributed by atoms with van der Waals surface area (Å²) in [6.45, 7) is 2.83. The Hall–Kier alpha value is -0.930. The van der Waals surface area contributed by atoms with Gasteiger partial charge in [-0.1, -0.05) is 25.7 Å². The van der Waals surface area contributed by atoms with Crippen LogP contribution >= 0.6 is 0 Å². The Balaban J connectivity index is 2.08. The zero-order valence-corrected chi connectivity index (χ0v) is 12.0. The SMILES string of the molecule is CCOC1(C(N)Cc2ccncc2)CCCCCC1. The van der Waals surface area contributed by atoms with Gasteiger partial charge in [-0.2, -0.15) is 0 Å². The highest BCUT2D eigenvalue weighted by molar-refractivity contribution is 5.13. The van der Waals surface area contributed by atoms with Crippen molar-refractivity contribution in [2.75, 3.05) is 6.61 Å². The molecule has 1 unspecified atom stereocenters. The third-order valence-electron chi connectivity index (χ3n) is 4.26. The Morgan fingerprint density at radius 3 is 2.42 bits per heavy atom. The second kappa shape index (κ2) is 7.01. The first-order valence-electron chi connectivity index (χ1n) is 7.55. The van der Waals surface area contributed by atoms with Crippen molar-refractivity contribution in [1.29, 1.82) is 0 Å². The van der Waals surface area contributed by atoms with Crippen LogP contribution in [-0.2, 0) is 11.2 Å². The smallest absolute Gasteiger partial charge is 0.0835 e. The molecule has 3 nitrogen and oxygen atoms in total. The topological polar surface area (TPSA) is 48.1 Å². The summed E-state index contributed by atoms with van der Waals surface area (Å²) in [6.07, 6.45) is 11.9. The van der Waals surface area contributed by atoms with Gasteiger partial charge in [0.1, 0.15) is 0 Å². The van der Waals surface area contributed by atoms with Gasteiger partial charge in [0.2, 0.25) is 0 Å². The van der Waals surface area contributed by atoms with E-state index in [1.807, 2.05) is 12.4 Å². The van der Waals surface area contributed by atoms with Crippen molar-refractivity contribution >= 4 is 0 Å². The number of nitrogens with two attached hydrogens (primary N) is 1. The molecule has 1 aromatic rings. The molecule has 0 radical (unpaired) electrons. The number of aromatic nitrogens is 1. The van der Waals surface area contributed by atoms with E-state index in [-0.39, 0.29) is 11.6 Å². The molecular weight excluding hydrogens is 236 g/mol. The standard InChI is InChI=1S/C16H26N2O/c1-2-19-16(9-5-3-4-6-10-16)15(17)13-14-7-11-18-12-8-14/h7-8,11-12,15H,2-6,9-10,13,17H2,1H3. The summed E-state index contributed by atoms with van der Waals surface area (Å²) in [5.41, 5.74) is 7.66. The highest BCUT2D eigenvalue weighted by Gasteiger charge is 2.37. The molecule has 1 fully saturated rings. The fourth-order valence-corrected chi connectivity index (χ4v) is 3.20. The molecule has 0 spiro atoms. The van der Waals surface area contributed by atoms with Gasteiger partial charge in [0.25, 0.3) is 0 Å². The van der Waals surface area contributed by atoms with Gasteiger partial charge in [0.05, 0.1) is 5.60 Å². The molecular formula is C16H26N2O. The highest BCUT2D eigenvalue weighted by atomic mass is 16.5. The molecule has 0 bridgehead atoms. The molecule has 3 heteroatoms. The minimum absolute atomic E-state index is 0.0768. The van der Waals surface area contributed by atoms with Gasteiger partial charge < -0.3 is 10.5 Å². The number of pyridine rings is 1. The molecule has 1 aromatic heterocycles. The van der Waals surface area contributed by atoms with Crippen LogP contribution in [0.5, 0.6) is 0 Å². The maximum atomic E-state index is 6.53. The summed E-state index contributed by atoms with van der Waals surface area (Å²) in [4.78, 5) is 4.06. The van der Waals surface area contributed by atoms with E-state index < -0.39 is 0 Å². The molecule has 1 saturated carbocycles. The van der Waals surface area contributed by atoms with Crippen LogP contribution in [0.15, 0.2) is 24.5 Å². The van der Waals surface area contributed by atoms with Crippen LogP contribution in [0, 0.1) is 0 Å². The van der Waals surface area contributed by atoms with Crippen molar-refractivity contribution in [2.24, 2.45) is 5.73 Å². The highest BCUT2D eigenvalue weighted by Crippen LogP contribution is 2.33. The lowest BCUT2D eigenvalue weighted by molar-refractivity contribution is -0.0683. The average Bonchev–Trinajstić information content (AvgIpc) is 2.67. The zero-order chi connectivity index (χ0) is 13.6. The minimum Gasteiger partial charge on any atom is -0.374 e. The minimum atomic E-state index is -0.117. The van der Waals surface area contributed by atoms with Crippen LogP contribution < -0.4 is 5.73 Å². The van der Waals surface area contributed by atoms with Crippen molar-refractivity contribution in [3.63, 3.8) is 0 Å². The number of hydrogen-bond donors (Lipinski definition) is 1. The molecule has 1 aliphatic rings. The first kappa shape index (κ1) is 14.5. The van der Waals surface area contributed by atoms with Crippen LogP contribution in [0.3, 0.4) is 0 Å². The van der Waals surface area contributed by atoms with E-state index in [0.717, 1.165) is 25.9 Å². The lowest BCUT2D eigenvalue weighted by atomic mass is 9.83. The predicted molar refractivity (Wildman–Crippen MR) is 78.0 cm³/mol. The van der Waals surface area contributed by atoms with Crippen LogP contribution in [0.1, 0.15) is 51.0 Å². The first-order valence-corrected chi connectivity index (χ1v) is 7.55. The van der Waals surface area contributed by atoms with E-state index in [2.05, 4.69) is 24.0 Å². The summed E-state index contributed by atoms with van der Waals surface area (Å²) in [6, 6.07) is 4.18. The second-order valence-corrected chi connectivity index (χ2v) is 5.58. The molecule has 0 aliphatic heterocycles. The molecule has 0 aromatic carbocycles. The van der Waals surface area contributed by atoms with Gasteiger partial charge >= 0.3 is 0 Å². The third-order valence-corrected chi connectivity index (χ3v) is 4.26. The van der Waals surface area contributed by atoms with Crippen molar-refractivity contribution in [3.8, 4) is 0 Å². The van der Waals surface area contributed by atoms with E-state index in [0.29, 0.717) is 0 Å². The molecule has 0 amide bonds. The predicted octanol–water partition coefficient (Wildman–Crippen LogP) is 3.08. The third kappa shape index (κ3) is 3.77. The Kier molecular flexibility index (Phi) is 5.34. The summed E-state index contributed by atoms with van der Waals surface area (Å²) < 4.78 is 6.14. The van der Waals surface area contributed by atoms with E-state index in [9.17, 15) is 0 Å². The van der Waals surface area contributed by atoms with Gasteiger partial charge in [0, 0.05) is 25.0 Å². The largest absolute Gasteiger partial charge is 0.374 e. The Morgan fingerprint density at radius 1 is 1.21 bits per heavy atom. The van der Waals surface area contributed by atoms with Crippen molar-refractivity contribution < 1.29 is 4.74 Å². The van der Waals surface area contributed by atoms with Crippen molar-refractivity contribution in [1.82, 2.24) is 4.98 Å². The van der Waals surface area contributed by atoms with Gasteiger partial charge in [-0.15, -0.1) is 0 Å². The van der Waals surface area contributed by atoms with E-state index in [4.69, 9.17) is 10.5 Å². The monoisotopic (exact) mass is 262 g/mol. The fourth-order valence-electron chi connectivity index (χ4n) is 3.20. The van der Waals surface area contributed by atoms with Gasteiger partial charge in [-0.3, -0.25) is 4.98 Å². The Bertz CT molecular complexity index is 358. The summed E-state index contributed by atoms with van der Waals surface area (Å²) in [7, 11) is 0. The Labute approximate surface area is 116 Å². The summed E-state index contributed by atoms with van der Waals surface area (Å²) >= 11 is 0. The summed E-state index contributed by atoms with van der Waals surface area (Å²) in [5.74, 6) is 0. The molecule has 0 saturated heterocycles. The Morgan fingerprint density at radius 2 is 1.84 bits per heavy atom. The fraction of sp³-hybridized carbons (Fsp3) is 0.688. The van der Waals surface area contributed by atoms with E-state index >= 15 is 0 Å². The normalized spacial score (nSPS) is 20.7. The molecule has 1 aliphatic carbocycles. The van der Waals surface area contributed by atoms with Gasteiger partial charge in [-0.25, -0.2) is 0 Å². The molecule has 2 rings (SSSR count). The second-order valence-electron chi connectivity index (χ2n) is 5.58. The van der Waals surface area contributed by atoms with Crippen LogP contribution in [0.4, 0.5) is 0 Å². The number of hydrogen-bond acceptors (Lipinski definition) is 3. The lowest BCUT2D eigenvalue weighted by Crippen LogP contribution is -2.51. The maximum absolute atomic E-state index is 6.53. The number of ether oxygens (including phenoxy) is 1. The quantitative estimate of drug-likeness (QED) is 0.830. The average molecular weight is 262 g/mol. The van der Waals surface area contributed by atoms with Crippen LogP contribution in [0.25, 0.3) is 0 Å². The van der Waals surface area contributed by atoms with Gasteiger partial charge in [0.15, 0.2) is 0 Å². The number of rotatable bonds is 5. The number of nitrogens with zero attached hydrogens (tertiary/aromatic N) is 1. The first-order chi connectivity index (χ1) is 9.27. The van der Waals surface area contributed by atoms with Crippen LogP contribution in [0.2, 0.25) is 0 Å². The molecule has 2 N–H and O–H groups in total. The molecule has 106 valence electrons. The molecule has 1 heterocycles. The molecule has 19 heavy (non-hydrogen) atoms. The summed E-state index contributed by atoms with van der Waals surface area (Å²) in [5, 5.41) is 0. The van der Waals surface area contributed by atoms with Crippen molar-refractivity contribution in [3.05, 3.63) is 30.1 Å².